The van der Waals surface area contributed by atoms with Crippen LogP contribution < -0.4 is 5.32 Å². The summed E-state index contributed by atoms with van der Waals surface area (Å²) in [5.41, 5.74) is 0. The molecule has 3 N–H and O–H groups in total. The number of rotatable bonds is 3. The van der Waals surface area contributed by atoms with Crippen LogP contribution in [0, 0.1) is 0 Å². The van der Waals surface area contributed by atoms with Gasteiger partial charge in [-0.15, -0.1) is 0 Å². The predicted octanol–water partition coefficient (Wildman–Crippen LogP) is -1.78. The zero-order valence-electron chi connectivity index (χ0n) is 8.14. The van der Waals surface area contributed by atoms with Crippen molar-refractivity contribution in [2.75, 3.05) is 13.7 Å². The number of aliphatic hydroxyl groups excluding tert-OH is 2. The summed E-state index contributed by atoms with van der Waals surface area (Å²) in [6, 6.07) is -0.623. The van der Waals surface area contributed by atoms with Crippen molar-refractivity contribution in [1.29, 1.82) is 0 Å². The van der Waals surface area contributed by atoms with E-state index in [4.69, 9.17) is 14.6 Å². The topological polar surface area (TPSA) is 88.0 Å². The molecule has 6 heteroatoms. The van der Waals surface area contributed by atoms with Gasteiger partial charge in [0.1, 0.15) is 12.2 Å². The molecule has 0 aliphatic carbocycles. The van der Waals surface area contributed by atoms with E-state index >= 15 is 0 Å². The van der Waals surface area contributed by atoms with Crippen LogP contribution in [0.3, 0.4) is 0 Å². The maximum Gasteiger partial charge on any atom is 0.217 e. The van der Waals surface area contributed by atoms with Crippen molar-refractivity contribution in [3.63, 3.8) is 0 Å². The first-order valence-electron chi connectivity index (χ1n) is 4.34. The second-order valence-electron chi connectivity index (χ2n) is 3.18. The van der Waals surface area contributed by atoms with Crippen molar-refractivity contribution in [1.82, 2.24) is 5.32 Å². The molecule has 1 aliphatic rings. The largest absolute Gasteiger partial charge is 0.394 e. The van der Waals surface area contributed by atoms with E-state index in [2.05, 4.69) is 5.32 Å². The van der Waals surface area contributed by atoms with Crippen molar-refractivity contribution in [3.8, 4) is 0 Å². The lowest BCUT2D eigenvalue weighted by Gasteiger charge is -2.18. The molecule has 1 fully saturated rings. The maximum atomic E-state index is 10.8. The quantitative estimate of drug-likeness (QED) is 0.506. The summed E-state index contributed by atoms with van der Waals surface area (Å²) in [5, 5.41) is 21.1. The van der Waals surface area contributed by atoms with Gasteiger partial charge in [-0.25, -0.2) is 0 Å². The summed E-state index contributed by atoms with van der Waals surface area (Å²) >= 11 is 0. The Labute approximate surface area is 81.8 Å². The van der Waals surface area contributed by atoms with Crippen LogP contribution in [0.15, 0.2) is 0 Å². The number of aliphatic hydroxyl groups is 2. The minimum Gasteiger partial charge on any atom is -0.394 e. The van der Waals surface area contributed by atoms with Crippen molar-refractivity contribution >= 4 is 5.91 Å². The fraction of sp³-hybridized carbons (Fsp3) is 0.875. The summed E-state index contributed by atoms with van der Waals surface area (Å²) < 4.78 is 9.98. The molecule has 1 heterocycles. The Balaban J connectivity index is 2.64. The third kappa shape index (κ3) is 2.21. The highest BCUT2D eigenvalue weighted by atomic mass is 16.7. The second kappa shape index (κ2) is 4.70. The van der Waals surface area contributed by atoms with Gasteiger partial charge in [-0.05, 0) is 0 Å². The highest BCUT2D eigenvalue weighted by Gasteiger charge is 2.43. The number of ether oxygens (including phenoxy) is 2. The van der Waals surface area contributed by atoms with Gasteiger partial charge in [0.05, 0.1) is 12.6 Å². The summed E-state index contributed by atoms with van der Waals surface area (Å²) in [4.78, 5) is 10.8. The molecule has 0 radical (unpaired) electrons. The van der Waals surface area contributed by atoms with E-state index < -0.39 is 24.5 Å². The fourth-order valence-electron chi connectivity index (χ4n) is 1.49. The van der Waals surface area contributed by atoms with E-state index in [9.17, 15) is 9.90 Å². The third-order valence-corrected chi connectivity index (χ3v) is 2.14. The van der Waals surface area contributed by atoms with Crippen LogP contribution in [0.2, 0.25) is 0 Å². The molecular weight excluding hydrogens is 190 g/mol. The van der Waals surface area contributed by atoms with Gasteiger partial charge in [-0.2, -0.15) is 0 Å². The molecule has 1 amide bonds. The molecule has 82 valence electrons. The van der Waals surface area contributed by atoms with Gasteiger partial charge in [-0.3, -0.25) is 4.79 Å². The summed E-state index contributed by atoms with van der Waals surface area (Å²) in [7, 11) is 1.39. The molecule has 6 nitrogen and oxygen atoms in total. The zero-order chi connectivity index (χ0) is 10.7. The van der Waals surface area contributed by atoms with E-state index in [0.717, 1.165) is 0 Å². The average Bonchev–Trinajstić information content (AvgIpc) is 2.43. The van der Waals surface area contributed by atoms with Crippen molar-refractivity contribution in [3.05, 3.63) is 0 Å². The molecule has 0 saturated carbocycles. The van der Waals surface area contributed by atoms with Gasteiger partial charge in [-0.1, -0.05) is 0 Å². The lowest BCUT2D eigenvalue weighted by Crippen LogP contribution is -2.48. The number of methoxy groups -OCH3 is 1. The molecule has 1 aliphatic heterocycles. The van der Waals surface area contributed by atoms with Crippen molar-refractivity contribution in [2.24, 2.45) is 0 Å². The Kier molecular flexibility index (Phi) is 3.82. The number of amides is 1. The molecule has 0 aromatic heterocycles. The van der Waals surface area contributed by atoms with Crippen molar-refractivity contribution < 1.29 is 24.5 Å². The molecule has 1 saturated heterocycles. The minimum absolute atomic E-state index is 0.276. The van der Waals surface area contributed by atoms with E-state index in [1.54, 1.807) is 0 Å². The van der Waals surface area contributed by atoms with Crippen LogP contribution in [0.1, 0.15) is 6.92 Å². The molecule has 4 atom stereocenters. The molecule has 1 rings (SSSR count). The molecule has 0 aromatic rings. The predicted molar refractivity (Wildman–Crippen MR) is 46.4 cm³/mol. The Morgan fingerprint density at radius 3 is 2.71 bits per heavy atom. The average molecular weight is 205 g/mol. The van der Waals surface area contributed by atoms with E-state index in [-0.39, 0.29) is 12.5 Å². The summed E-state index contributed by atoms with van der Waals surface area (Å²) in [5.74, 6) is -0.284. The molecule has 0 spiro atoms. The summed E-state index contributed by atoms with van der Waals surface area (Å²) in [6.45, 7) is 1.06. The normalized spacial score (nSPS) is 37.1. The van der Waals surface area contributed by atoms with E-state index in [1.165, 1.54) is 14.0 Å². The monoisotopic (exact) mass is 205 g/mol. The highest BCUT2D eigenvalue weighted by molar-refractivity contribution is 5.73. The number of hydrogen-bond acceptors (Lipinski definition) is 5. The van der Waals surface area contributed by atoms with Crippen LogP contribution in [0.5, 0.6) is 0 Å². The van der Waals surface area contributed by atoms with Crippen LogP contribution in [0.4, 0.5) is 0 Å². The van der Waals surface area contributed by atoms with Gasteiger partial charge in [0.15, 0.2) is 6.29 Å². The zero-order valence-corrected chi connectivity index (χ0v) is 8.14. The van der Waals surface area contributed by atoms with Gasteiger partial charge >= 0.3 is 0 Å². The van der Waals surface area contributed by atoms with E-state index in [0.29, 0.717) is 0 Å². The second-order valence-corrected chi connectivity index (χ2v) is 3.18. The van der Waals surface area contributed by atoms with Gasteiger partial charge in [0.2, 0.25) is 5.91 Å². The molecule has 4 unspecified atom stereocenters. The highest BCUT2D eigenvalue weighted by Crippen LogP contribution is 2.21. The number of carbonyl (C=O) groups is 1. The first kappa shape index (κ1) is 11.4. The van der Waals surface area contributed by atoms with Crippen LogP contribution in [-0.4, -0.2) is 54.4 Å². The summed E-state index contributed by atoms with van der Waals surface area (Å²) in [6.07, 6.45) is -2.39. The molecule has 0 bridgehead atoms. The number of nitrogens with one attached hydrogen (secondary N) is 1. The Morgan fingerprint density at radius 2 is 2.29 bits per heavy atom. The Hall–Kier alpha value is -0.690. The third-order valence-electron chi connectivity index (χ3n) is 2.14. The van der Waals surface area contributed by atoms with Crippen molar-refractivity contribution in [2.45, 2.75) is 31.5 Å². The van der Waals surface area contributed by atoms with Gasteiger partial charge < -0.3 is 25.0 Å². The molecule has 0 aromatic carbocycles. The van der Waals surface area contributed by atoms with Gasteiger partial charge in [0.25, 0.3) is 0 Å². The molecular formula is C8H15NO5. The SMILES string of the molecule is COC1OC(CO)C(NC(C)=O)C1O. The molecule has 14 heavy (non-hydrogen) atoms. The number of hydrogen-bond donors (Lipinski definition) is 3. The lowest BCUT2D eigenvalue weighted by atomic mass is 10.1. The van der Waals surface area contributed by atoms with E-state index in [1.807, 2.05) is 0 Å². The Morgan fingerprint density at radius 1 is 1.64 bits per heavy atom. The van der Waals surface area contributed by atoms with Gasteiger partial charge in [0, 0.05) is 14.0 Å². The first-order chi connectivity index (χ1) is 6.60. The lowest BCUT2D eigenvalue weighted by molar-refractivity contribution is -0.153. The first-order valence-corrected chi connectivity index (χ1v) is 4.34. The van der Waals surface area contributed by atoms with Crippen LogP contribution >= 0.6 is 0 Å². The fourth-order valence-corrected chi connectivity index (χ4v) is 1.49. The van der Waals surface area contributed by atoms with Crippen LogP contribution in [0.25, 0.3) is 0 Å². The maximum absolute atomic E-state index is 10.8. The van der Waals surface area contributed by atoms with Crippen LogP contribution in [-0.2, 0) is 14.3 Å². The minimum atomic E-state index is -0.957. The Bertz CT molecular complexity index is 208. The smallest absolute Gasteiger partial charge is 0.217 e. The number of carbonyl (C=O) groups excluding carboxylic acids is 1. The standard InChI is InChI=1S/C8H15NO5/c1-4(11)9-6-5(3-10)14-8(13-2)7(6)12/h5-8,10,12H,3H2,1-2H3,(H,9,11).